The lowest BCUT2D eigenvalue weighted by Gasteiger charge is -2.15. The van der Waals surface area contributed by atoms with Gasteiger partial charge in [-0.1, -0.05) is 52.4 Å². The van der Waals surface area contributed by atoms with E-state index in [1.807, 2.05) is 0 Å². The highest BCUT2D eigenvalue weighted by molar-refractivity contribution is 5.02. The molecular weight excluding hydrogens is 258 g/mol. The van der Waals surface area contributed by atoms with Crippen LogP contribution in [0, 0.1) is 0 Å². The number of hydrogen-bond donors (Lipinski definition) is 1. The van der Waals surface area contributed by atoms with E-state index in [2.05, 4.69) is 50.1 Å². The van der Waals surface area contributed by atoms with Gasteiger partial charge < -0.3 is 5.32 Å². The molecule has 21 heavy (non-hydrogen) atoms. The van der Waals surface area contributed by atoms with Crippen molar-refractivity contribution in [2.24, 2.45) is 0 Å². The van der Waals surface area contributed by atoms with E-state index in [4.69, 9.17) is 5.10 Å². The fourth-order valence-corrected chi connectivity index (χ4v) is 2.69. The minimum Gasteiger partial charge on any atom is -0.317 e. The molecule has 1 aromatic heterocycles. The molecular formula is C18H35N3. The Balaban J connectivity index is 2.28. The Bertz CT molecular complexity index is 359. The van der Waals surface area contributed by atoms with Crippen molar-refractivity contribution in [1.82, 2.24) is 15.1 Å². The molecule has 0 spiro atoms. The van der Waals surface area contributed by atoms with Crippen LogP contribution in [-0.2, 0) is 6.42 Å². The largest absolute Gasteiger partial charge is 0.317 e. The number of rotatable bonds is 12. The average molecular weight is 293 g/mol. The lowest BCUT2D eigenvalue weighted by molar-refractivity contribution is 0.454. The van der Waals surface area contributed by atoms with Crippen molar-refractivity contribution in [2.75, 3.05) is 7.05 Å². The zero-order chi connectivity index (χ0) is 15.5. The van der Waals surface area contributed by atoms with Gasteiger partial charge in [-0.05, 0) is 32.9 Å². The third-order valence-corrected chi connectivity index (χ3v) is 4.48. The van der Waals surface area contributed by atoms with Crippen LogP contribution < -0.4 is 5.32 Å². The Labute approximate surface area is 131 Å². The second-order valence-corrected chi connectivity index (χ2v) is 6.29. The molecule has 0 fully saturated rings. The van der Waals surface area contributed by atoms with E-state index in [-0.39, 0.29) is 0 Å². The molecule has 2 unspecified atom stereocenters. The standard InChI is InChI=1S/C18H35N3/c1-5-7-8-9-10-11-12-17(19-4)15-18-13-14-21(20-18)16(3)6-2/h13-14,16-17,19H,5-12,15H2,1-4H3. The smallest absolute Gasteiger partial charge is 0.0640 e. The van der Waals surface area contributed by atoms with Gasteiger partial charge >= 0.3 is 0 Å². The quantitative estimate of drug-likeness (QED) is 0.564. The Morgan fingerprint density at radius 3 is 2.52 bits per heavy atom. The van der Waals surface area contributed by atoms with Gasteiger partial charge in [-0.25, -0.2) is 0 Å². The van der Waals surface area contributed by atoms with Crippen molar-refractivity contribution < 1.29 is 0 Å². The first-order valence-electron chi connectivity index (χ1n) is 8.92. The fraction of sp³-hybridized carbons (Fsp3) is 0.833. The van der Waals surface area contributed by atoms with Crippen LogP contribution in [0.15, 0.2) is 12.3 Å². The molecule has 1 aromatic rings. The minimum atomic E-state index is 0.505. The number of nitrogens with one attached hydrogen (secondary N) is 1. The first-order chi connectivity index (χ1) is 10.2. The molecule has 0 aliphatic heterocycles. The maximum Gasteiger partial charge on any atom is 0.0640 e. The van der Waals surface area contributed by atoms with Crippen LogP contribution in [0.4, 0.5) is 0 Å². The predicted octanol–water partition coefficient (Wildman–Crippen LogP) is 4.74. The van der Waals surface area contributed by atoms with Gasteiger partial charge in [-0.3, -0.25) is 4.68 Å². The second-order valence-electron chi connectivity index (χ2n) is 6.29. The molecule has 0 saturated heterocycles. The molecule has 0 aromatic carbocycles. The molecule has 0 aliphatic carbocycles. The summed E-state index contributed by atoms with van der Waals surface area (Å²) in [4.78, 5) is 0. The Morgan fingerprint density at radius 1 is 1.14 bits per heavy atom. The van der Waals surface area contributed by atoms with Gasteiger partial charge in [-0.15, -0.1) is 0 Å². The summed E-state index contributed by atoms with van der Waals surface area (Å²) in [6.45, 7) is 6.71. The number of likely N-dealkylation sites (N-methyl/N-ethyl adjacent to an activating group) is 1. The summed E-state index contributed by atoms with van der Waals surface area (Å²) in [5.74, 6) is 0. The second kappa shape index (κ2) is 10.8. The van der Waals surface area contributed by atoms with Gasteiger partial charge in [-0.2, -0.15) is 5.10 Å². The minimum absolute atomic E-state index is 0.505. The highest BCUT2D eigenvalue weighted by Gasteiger charge is 2.10. The van der Waals surface area contributed by atoms with E-state index >= 15 is 0 Å². The molecule has 3 heteroatoms. The summed E-state index contributed by atoms with van der Waals surface area (Å²) in [6, 6.07) is 3.25. The van der Waals surface area contributed by atoms with Gasteiger partial charge in [0.2, 0.25) is 0 Å². The van der Waals surface area contributed by atoms with E-state index in [0.717, 1.165) is 12.8 Å². The number of nitrogens with zero attached hydrogens (tertiary/aromatic N) is 2. The Kier molecular flexibility index (Phi) is 9.40. The SMILES string of the molecule is CCCCCCCCC(Cc1ccn(C(C)CC)n1)NC. The topological polar surface area (TPSA) is 29.9 Å². The Hall–Kier alpha value is -0.830. The molecule has 0 radical (unpaired) electrons. The monoisotopic (exact) mass is 293 g/mol. The molecule has 1 N–H and O–H groups in total. The average Bonchev–Trinajstić information content (AvgIpc) is 2.97. The summed E-state index contributed by atoms with van der Waals surface area (Å²) < 4.78 is 2.10. The van der Waals surface area contributed by atoms with Crippen LogP contribution >= 0.6 is 0 Å². The van der Waals surface area contributed by atoms with Crippen molar-refractivity contribution in [3.8, 4) is 0 Å². The number of hydrogen-bond acceptors (Lipinski definition) is 2. The maximum atomic E-state index is 4.71. The highest BCUT2D eigenvalue weighted by Crippen LogP contribution is 2.13. The molecule has 3 nitrogen and oxygen atoms in total. The van der Waals surface area contributed by atoms with Gasteiger partial charge in [0, 0.05) is 24.7 Å². The molecule has 122 valence electrons. The van der Waals surface area contributed by atoms with Gasteiger partial charge in [0.1, 0.15) is 0 Å². The van der Waals surface area contributed by atoms with Crippen molar-refractivity contribution >= 4 is 0 Å². The van der Waals surface area contributed by atoms with Crippen LogP contribution in [0.25, 0.3) is 0 Å². The van der Waals surface area contributed by atoms with Gasteiger partial charge in [0.05, 0.1) is 5.69 Å². The van der Waals surface area contributed by atoms with E-state index in [0.29, 0.717) is 12.1 Å². The molecule has 0 amide bonds. The van der Waals surface area contributed by atoms with Crippen LogP contribution in [0.3, 0.4) is 0 Å². The Morgan fingerprint density at radius 2 is 1.86 bits per heavy atom. The first-order valence-corrected chi connectivity index (χ1v) is 8.92. The molecule has 2 atom stereocenters. The van der Waals surface area contributed by atoms with Gasteiger partial charge in [0.25, 0.3) is 0 Å². The molecule has 1 heterocycles. The van der Waals surface area contributed by atoms with Crippen molar-refractivity contribution in [3.05, 3.63) is 18.0 Å². The summed E-state index contributed by atoms with van der Waals surface area (Å²) in [7, 11) is 2.08. The van der Waals surface area contributed by atoms with E-state index in [9.17, 15) is 0 Å². The molecule has 1 rings (SSSR count). The first kappa shape index (κ1) is 18.2. The molecule has 0 bridgehead atoms. The number of unbranched alkanes of at least 4 members (excludes halogenated alkanes) is 5. The molecule has 0 aliphatic rings. The lowest BCUT2D eigenvalue weighted by atomic mass is 10.0. The molecule has 0 saturated carbocycles. The zero-order valence-corrected chi connectivity index (χ0v) is 14.6. The third kappa shape index (κ3) is 7.12. The van der Waals surface area contributed by atoms with E-state index < -0.39 is 0 Å². The van der Waals surface area contributed by atoms with Crippen molar-refractivity contribution in [3.63, 3.8) is 0 Å². The highest BCUT2D eigenvalue weighted by atomic mass is 15.3. The van der Waals surface area contributed by atoms with Gasteiger partial charge in [0.15, 0.2) is 0 Å². The fourth-order valence-electron chi connectivity index (χ4n) is 2.69. The number of aromatic nitrogens is 2. The van der Waals surface area contributed by atoms with E-state index in [1.165, 1.54) is 50.6 Å². The van der Waals surface area contributed by atoms with Crippen LogP contribution in [0.1, 0.15) is 83.9 Å². The normalized spacial score (nSPS) is 14.3. The lowest BCUT2D eigenvalue weighted by Crippen LogP contribution is -2.27. The zero-order valence-electron chi connectivity index (χ0n) is 14.6. The predicted molar refractivity (Wildman–Crippen MR) is 91.8 cm³/mol. The maximum absolute atomic E-state index is 4.71. The summed E-state index contributed by atoms with van der Waals surface area (Å²) in [5.41, 5.74) is 1.22. The summed E-state index contributed by atoms with van der Waals surface area (Å²) >= 11 is 0. The van der Waals surface area contributed by atoms with Crippen LogP contribution in [-0.4, -0.2) is 22.9 Å². The van der Waals surface area contributed by atoms with Crippen LogP contribution in [0.2, 0.25) is 0 Å². The van der Waals surface area contributed by atoms with Crippen LogP contribution in [0.5, 0.6) is 0 Å². The van der Waals surface area contributed by atoms with Crippen molar-refractivity contribution in [1.29, 1.82) is 0 Å². The van der Waals surface area contributed by atoms with E-state index in [1.54, 1.807) is 0 Å². The third-order valence-electron chi connectivity index (χ3n) is 4.48. The summed E-state index contributed by atoms with van der Waals surface area (Å²) in [6.07, 6.45) is 13.8. The summed E-state index contributed by atoms with van der Waals surface area (Å²) in [5, 5.41) is 8.17. The van der Waals surface area contributed by atoms with Crippen molar-refractivity contribution in [2.45, 2.75) is 90.6 Å².